The Kier molecular flexibility index (Phi) is 3.29. The fourth-order valence-electron chi connectivity index (χ4n) is 3.16. The van der Waals surface area contributed by atoms with Crippen LogP contribution >= 0.6 is 0 Å². The molecular formula is C11H21NO3S. The van der Waals surface area contributed by atoms with E-state index in [2.05, 4.69) is 0 Å². The lowest BCUT2D eigenvalue weighted by molar-refractivity contribution is 0.0597. The highest BCUT2D eigenvalue weighted by atomic mass is 32.2. The van der Waals surface area contributed by atoms with Crippen LogP contribution in [0.2, 0.25) is 0 Å². The first kappa shape index (κ1) is 12.3. The molecular weight excluding hydrogens is 226 g/mol. The normalized spacial score (nSPS) is 38.1. The van der Waals surface area contributed by atoms with Crippen LogP contribution in [0.15, 0.2) is 0 Å². The minimum atomic E-state index is -2.85. The molecule has 0 saturated carbocycles. The topological polar surface area (TPSA) is 69.4 Å². The fraction of sp³-hybridized carbons (Fsp3) is 1.00. The van der Waals surface area contributed by atoms with E-state index in [0.717, 1.165) is 25.7 Å². The third-order valence-electron chi connectivity index (χ3n) is 4.02. The minimum Gasteiger partial charge on any atom is -0.374 e. The smallest absolute Gasteiger partial charge is 0.147 e. The minimum absolute atomic E-state index is 0.0631. The van der Waals surface area contributed by atoms with Crippen molar-refractivity contribution in [3.63, 3.8) is 0 Å². The number of hydrogen-bond acceptors (Lipinski definition) is 4. The third kappa shape index (κ3) is 2.41. The van der Waals surface area contributed by atoms with Crippen molar-refractivity contribution in [2.45, 2.75) is 44.3 Å². The third-order valence-corrected chi connectivity index (χ3v) is 5.05. The van der Waals surface area contributed by atoms with Gasteiger partial charge >= 0.3 is 0 Å². The first-order valence-corrected chi connectivity index (χ1v) is 8.04. The molecule has 3 atom stereocenters. The molecule has 0 aromatic rings. The van der Waals surface area contributed by atoms with Gasteiger partial charge in [0.1, 0.15) is 9.84 Å². The quantitative estimate of drug-likeness (QED) is 0.776. The van der Waals surface area contributed by atoms with Crippen molar-refractivity contribution >= 4 is 9.84 Å². The molecule has 3 unspecified atom stereocenters. The largest absolute Gasteiger partial charge is 0.374 e. The van der Waals surface area contributed by atoms with Gasteiger partial charge in [0.2, 0.25) is 0 Å². The Morgan fingerprint density at radius 3 is 2.62 bits per heavy atom. The van der Waals surface area contributed by atoms with E-state index in [1.54, 1.807) is 0 Å². The van der Waals surface area contributed by atoms with Crippen LogP contribution < -0.4 is 5.73 Å². The van der Waals surface area contributed by atoms with Gasteiger partial charge in [-0.05, 0) is 32.1 Å². The van der Waals surface area contributed by atoms with E-state index in [0.29, 0.717) is 19.1 Å². The molecule has 2 saturated heterocycles. The number of nitrogens with two attached hydrogens (primary N) is 1. The first-order valence-electron chi connectivity index (χ1n) is 5.98. The summed E-state index contributed by atoms with van der Waals surface area (Å²) < 4.78 is 28.0. The standard InChI is InChI=1S/C11H21NO3S/c1-16(13,14)6-2-5-11(8-12)7-9-3-4-10(11)15-9/h9-10H,2-8,12H2,1H3. The molecule has 5 heteroatoms. The second kappa shape index (κ2) is 4.27. The van der Waals surface area contributed by atoms with Gasteiger partial charge in [-0.1, -0.05) is 0 Å². The zero-order valence-corrected chi connectivity index (χ0v) is 10.6. The molecule has 16 heavy (non-hydrogen) atoms. The summed E-state index contributed by atoms with van der Waals surface area (Å²) in [6, 6.07) is 0. The van der Waals surface area contributed by atoms with E-state index in [9.17, 15) is 8.42 Å². The van der Waals surface area contributed by atoms with Crippen LogP contribution in [-0.4, -0.2) is 39.2 Å². The zero-order valence-electron chi connectivity index (χ0n) is 9.81. The SMILES string of the molecule is CS(=O)(=O)CCCC1(CN)CC2CCC1O2. The molecule has 2 fully saturated rings. The van der Waals surface area contributed by atoms with E-state index in [4.69, 9.17) is 10.5 Å². The van der Waals surface area contributed by atoms with Crippen molar-refractivity contribution in [1.29, 1.82) is 0 Å². The summed E-state index contributed by atoms with van der Waals surface area (Å²) in [5.41, 5.74) is 5.94. The summed E-state index contributed by atoms with van der Waals surface area (Å²) in [5.74, 6) is 0.270. The molecule has 94 valence electrons. The molecule has 0 amide bonds. The van der Waals surface area contributed by atoms with E-state index in [1.165, 1.54) is 6.26 Å². The Balaban J connectivity index is 1.91. The van der Waals surface area contributed by atoms with Gasteiger partial charge in [0.25, 0.3) is 0 Å². The van der Waals surface area contributed by atoms with Crippen LogP contribution in [0, 0.1) is 5.41 Å². The molecule has 2 rings (SSSR count). The number of rotatable bonds is 5. The lowest BCUT2D eigenvalue weighted by atomic mass is 9.71. The monoisotopic (exact) mass is 247 g/mol. The molecule has 0 aromatic heterocycles. The Morgan fingerprint density at radius 2 is 2.19 bits per heavy atom. The van der Waals surface area contributed by atoms with Gasteiger partial charge in [-0.25, -0.2) is 8.42 Å². The highest BCUT2D eigenvalue weighted by Gasteiger charge is 2.50. The van der Waals surface area contributed by atoms with Crippen molar-refractivity contribution in [3.05, 3.63) is 0 Å². The van der Waals surface area contributed by atoms with E-state index in [1.807, 2.05) is 0 Å². The van der Waals surface area contributed by atoms with Gasteiger partial charge in [-0.2, -0.15) is 0 Å². The predicted molar refractivity (Wildman–Crippen MR) is 62.9 cm³/mol. The summed E-state index contributed by atoms with van der Waals surface area (Å²) in [6.45, 7) is 0.623. The molecule has 2 aliphatic heterocycles. The van der Waals surface area contributed by atoms with E-state index < -0.39 is 9.84 Å². The van der Waals surface area contributed by atoms with Crippen molar-refractivity contribution < 1.29 is 13.2 Å². The van der Waals surface area contributed by atoms with Crippen LogP contribution in [0.3, 0.4) is 0 Å². The van der Waals surface area contributed by atoms with Crippen LogP contribution in [0.5, 0.6) is 0 Å². The summed E-state index contributed by atoms with van der Waals surface area (Å²) in [7, 11) is -2.85. The second-order valence-electron chi connectivity index (χ2n) is 5.33. The average molecular weight is 247 g/mol. The van der Waals surface area contributed by atoms with Crippen LogP contribution in [0.25, 0.3) is 0 Å². The molecule has 0 spiro atoms. The maximum Gasteiger partial charge on any atom is 0.147 e. The Morgan fingerprint density at radius 1 is 1.44 bits per heavy atom. The lowest BCUT2D eigenvalue weighted by Crippen LogP contribution is -2.39. The average Bonchev–Trinajstić information content (AvgIpc) is 2.75. The van der Waals surface area contributed by atoms with Crippen LogP contribution in [0.4, 0.5) is 0 Å². The molecule has 2 heterocycles. The van der Waals surface area contributed by atoms with Crippen molar-refractivity contribution in [1.82, 2.24) is 0 Å². The molecule has 0 radical (unpaired) electrons. The number of fused-ring (bicyclic) bond motifs is 2. The van der Waals surface area contributed by atoms with Crippen molar-refractivity contribution in [2.75, 3.05) is 18.6 Å². The zero-order chi connectivity index (χ0) is 11.8. The number of hydrogen-bond donors (Lipinski definition) is 1. The summed E-state index contributed by atoms with van der Waals surface area (Å²) in [5, 5.41) is 0. The molecule has 4 nitrogen and oxygen atoms in total. The fourth-order valence-corrected chi connectivity index (χ4v) is 3.83. The van der Waals surface area contributed by atoms with Gasteiger partial charge in [0, 0.05) is 24.0 Å². The molecule has 0 aromatic carbocycles. The maximum absolute atomic E-state index is 11.1. The Labute approximate surface area is 97.5 Å². The Hall–Kier alpha value is -0.130. The molecule has 2 aliphatic rings. The van der Waals surface area contributed by atoms with Gasteiger partial charge in [-0.3, -0.25) is 0 Å². The van der Waals surface area contributed by atoms with Gasteiger partial charge in [-0.15, -0.1) is 0 Å². The summed E-state index contributed by atoms with van der Waals surface area (Å²) in [6.07, 6.45) is 6.82. The van der Waals surface area contributed by atoms with Gasteiger partial charge in [0.05, 0.1) is 12.2 Å². The summed E-state index contributed by atoms with van der Waals surface area (Å²) in [4.78, 5) is 0. The number of ether oxygens (including phenoxy) is 1. The highest BCUT2D eigenvalue weighted by Crippen LogP contribution is 2.49. The maximum atomic E-state index is 11.1. The van der Waals surface area contributed by atoms with E-state index in [-0.39, 0.29) is 17.3 Å². The second-order valence-corrected chi connectivity index (χ2v) is 7.59. The van der Waals surface area contributed by atoms with Gasteiger partial charge in [0.15, 0.2) is 0 Å². The molecule has 2 N–H and O–H groups in total. The lowest BCUT2D eigenvalue weighted by Gasteiger charge is -2.34. The molecule has 2 bridgehead atoms. The van der Waals surface area contributed by atoms with Gasteiger partial charge < -0.3 is 10.5 Å². The highest BCUT2D eigenvalue weighted by molar-refractivity contribution is 7.90. The van der Waals surface area contributed by atoms with Crippen molar-refractivity contribution in [3.8, 4) is 0 Å². The molecule has 0 aliphatic carbocycles. The first-order chi connectivity index (χ1) is 7.45. The van der Waals surface area contributed by atoms with Crippen LogP contribution in [-0.2, 0) is 14.6 Å². The van der Waals surface area contributed by atoms with Crippen LogP contribution in [0.1, 0.15) is 32.1 Å². The van der Waals surface area contributed by atoms with Crippen molar-refractivity contribution in [2.24, 2.45) is 11.1 Å². The number of sulfone groups is 1. The Bertz CT molecular complexity index is 354. The predicted octanol–water partition coefficient (Wildman–Crippen LogP) is 0.708. The van der Waals surface area contributed by atoms with E-state index >= 15 is 0 Å². The summed E-state index contributed by atoms with van der Waals surface area (Å²) >= 11 is 0.